The number of hydrogen-bond donors (Lipinski definition) is 0. The molecule has 2 aromatic carbocycles. The quantitative estimate of drug-likeness (QED) is 0.673. The van der Waals surface area contributed by atoms with E-state index in [1.54, 1.807) is 12.1 Å². The van der Waals surface area contributed by atoms with E-state index in [-0.39, 0.29) is 21.4 Å². The van der Waals surface area contributed by atoms with E-state index in [9.17, 15) is 18.0 Å². The minimum atomic E-state index is -4.34. The summed E-state index contributed by atoms with van der Waals surface area (Å²) in [7, 11) is -0.322. The minimum absolute atomic E-state index is 0.0275. The van der Waals surface area contributed by atoms with Crippen molar-refractivity contribution >= 4 is 20.8 Å². The number of fused-ring (bicyclic) bond motifs is 1. The third-order valence-corrected chi connectivity index (χ3v) is 5.72. The van der Waals surface area contributed by atoms with Gasteiger partial charge in [-0.25, -0.2) is 4.68 Å². The van der Waals surface area contributed by atoms with Crippen LogP contribution in [-0.4, -0.2) is 31.4 Å². The van der Waals surface area contributed by atoms with Crippen molar-refractivity contribution in [2.24, 2.45) is 7.05 Å². The Hall–Kier alpha value is -3.07. The molecule has 0 spiro atoms. The van der Waals surface area contributed by atoms with E-state index in [2.05, 4.69) is 0 Å². The van der Waals surface area contributed by atoms with E-state index in [4.69, 9.17) is 9.47 Å². The molecule has 8 nitrogen and oxygen atoms in total. The molecule has 0 aliphatic carbocycles. The molecule has 1 aromatic heterocycles. The normalized spacial score (nSPS) is 11.5. The summed E-state index contributed by atoms with van der Waals surface area (Å²) in [4.78, 5) is 25.1. The molecule has 3 aromatic rings. The first-order chi connectivity index (χ1) is 12.3. The predicted octanol–water partition coefficient (Wildman–Crippen LogP) is 0.954. The zero-order valence-electron chi connectivity index (χ0n) is 14.3. The molecule has 0 saturated heterocycles. The van der Waals surface area contributed by atoms with E-state index in [1.807, 2.05) is 0 Å². The first kappa shape index (κ1) is 17.7. The summed E-state index contributed by atoms with van der Waals surface area (Å²) in [5, 5.41) is 0.179. The predicted molar refractivity (Wildman–Crippen MR) is 95.6 cm³/mol. The Balaban J connectivity index is 2.36. The van der Waals surface area contributed by atoms with Gasteiger partial charge in [0.05, 0.1) is 29.9 Å². The van der Waals surface area contributed by atoms with Crippen molar-refractivity contribution in [1.29, 1.82) is 0 Å². The van der Waals surface area contributed by atoms with Crippen LogP contribution in [0.3, 0.4) is 0 Å². The van der Waals surface area contributed by atoms with Gasteiger partial charge in [0, 0.05) is 13.1 Å². The van der Waals surface area contributed by atoms with Gasteiger partial charge in [0.25, 0.3) is 21.1 Å². The Morgan fingerprint density at radius 2 is 1.42 bits per heavy atom. The van der Waals surface area contributed by atoms with Crippen LogP contribution in [-0.2, 0) is 17.1 Å². The van der Waals surface area contributed by atoms with Crippen LogP contribution < -0.4 is 20.6 Å². The Kier molecular flexibility index (Phi) is 4.33. The maximum absolute atomic E-state index is 13.0. The second-order valence-electron chi connectivity index (χ2n) is 5.44. The highest BCUT2D eigenvalue weighted by Gasteiger charge is 2.25. The summed E-state index contributed by atoms with van der Waals surface area (Å²) in [5.41, 5.74) is -1.40. The molecule has 0 atom stereocenters. The van der Waals surface area contributed by atoms with E-state index in [0.717, 1.165) is 4.68 Å². The first-order valence-electron chi connectivity index (χ1n) is 7.51. The molecule has 0 N–H and O–H groups in total. The van der Waals surface area contributed by atoms with E-state index in [1.165, 1.54) is 51.6 Å². The lowest BCUT2D eigenvalue weighted by Gasteiger charge is -2.15. The topological polar surface area (TPSA) is 96.6 Å². The maximum Gasteiger partial charge on any atom is 0.287 e. The van der Waals surface area contributed by atoms with Gasteiger partial charge in [-0.2, -0.15) is 8.42 Å². The molecule has 1 heterocycles. The Bertz CT molecular complexity index is 1220. The molecule has 0 amide bonds. The summed E-state index contributed by atoms with van der Waals surface area (Å²) in [6.07, 6.45) is 0. The van der Waals surface area contributed by atoms with Gasteiger partial charge < -0.3 is 9.47 Å². The van der Waals surface area contributed by atoms with E-state index in [0.29, 0.717) is 9.84 Å². The van der Waals surface area contributed by atoms with Gasteiger partial charge in [-0.05, 0) is 24.3 Å². The lowest BCUT2D eigenvalue weighted by molar-refractivity contribution is 0.354. The van der Waals surface area contributed by atoms with Crippen LogP contribution in [0.5, 0.6) is 11.5 Å². The number of methoxy groups -OCH3 is 2. The van der Waals surface area contributed by atoms with Crippen LogP contribution in [0.1, 0.15) is 0 Å². The van der Waals surface area contributed by atoms with Crippen molar-refractivity contribution in [1.82, 2.24) is 8.77 Å². The van der Waals surface area contributed by atoms with Crippen molar-refractivity contribution in [2.45, 2.75) is 4.90 Å². The van der Waals surface area contributed by atoms with Crippen LogP contribution in [0.15, 0.2) is 56.9 Å². The number of nitrogens with zero attached hydrogens (tertiary/aromatic N) is 2. The second kappa shape index (κ2) is 6.34. The minimum Gasteiger partial charge on any atom is -0.493 e. The van der Waals surface area contributed by atoms with Crippen LogP contribution in [0.2, 0.25) is 0 Å². The lowest BCUT2D eigenvalue weighted by Crippen LogP contribution is -2.41. The standard InChI is InChI=1S/C17H16N2O6S/c1-18-16(20)12-6-4-5-7-13(12)17(21)19(18)26(22,23)11-8-9-14(24-2)15(10-11)25-3/h4-10H,1-3H3. The van der Waals surface area contributed by atoms with Crippen molar-refractivity contribution in [3.8, 4) is 11.5 Å². The molecule has 0 fully saturated rings. The highest BCUT2D eigenvalue weighted by Crippen LogP contribution is 2.29. The molecule has 0 aliphatic rings. The van der Waals surface area contributed by atoms with Gasteiger partial charge in [0.15, 0.2) is 11.5 Å². The number of ether oxygens (including phenoxy) is 2. The van der Waals surface area contributed by atoms with Gasteiger partial charge >= 0.3 is 0 Å². The van der Waals surface area contributed by atoms with Crippen molar-refractivity contribution in [3.05, 3.63) is 63.2 Å². The van der Waals surface area contributed by atoms with Crippen LogP contribution in [0.25, 0.3) is 10.8 Å². The molecule has 0 saturated carbocycles. The van der Waals surface area contributed by atoms with Crippen LogP contribution in [0, 0.1) is 0 Å². The maximum atomic E-state index is 13.0. The number of aromatic nitrogens is 2. The fourth-order valence-electron chi connectivity index (χ4n) is 2.70. The second-order valence-corrected chi connectivity index (χ2v) is 7.21. The Morgan fingerprint density at radius 1 is 0.846 bits per heavy atom. The molecule has 26 heavy (non-hydrogen) atoms. The van der Waals surface area contributed by atoms with Gasteiger partial charge in [-0.1, -0.05) is 12.1 Å². The van der Waals surface area contributed by atoms with E-state index >= 15 is 0 Å². The van der Waals surface area contributed by atoms with Gasteiger partial charge in [0.1, 0.15) is 0 Å². The molecule has 9 heteroatoms. The van der Waals surface area contributed by atoms with Crippen LogP contribution in [0.4, 0.5) is 0 Å². The summed E-state index contributed by atoms with van der Waals surface area (Å²) in [6, 6.07) is 10.00. The van der Waals surface area contributed by atoms with Gasteiger partial charge in [0.2, 0.25) is 0 Å². The third-order valence-electron chi connectivity index (χ3n) is 4.01. The average Bonchev–Trinajstić information content (AvgIpc) is 2.65. The molecular weight excluding hydrogens is 360 g/mol. The number of rotatable bonds is 4. The van der Waals surface area contributed by atoms with E-state index < -0.39 is 21.1 Å². The van der Waals surface area contributed by atoms with Crippen molar-refractivity contribution in [2.75, 3.05) is 14.2 Å². The average molecular weight is 376 g/mol. The SMILES string of the molecule is COc1ccc(S(=O)(=O)n2c(=O)c3ccccc3c(=O)n2C)cc1OC. The Morgan fingerprint density at radius 3 is 2.00 bits per heavy atom. The molecule has 136 valence electrons. The van der Waals surface area contributed by atoms with Crippen molar-refractivity contribution in [3.63, 3.8) is 0 Å². The highest BCUT2D eigenvalue weighted by molar-refractivity contribution is 7.89. The molecule has 3 rings (SSSR count). The van der Waals surface area contributed by atoms with Crippen molar-refractivity contribution < 1.29 is 17.9 Å². The number of benzene rings is 2. The molecule has 0 bridgehead atoms. The van der Waals surface area contributed by atoms with Crippen LogP contribution >= 0.6 is 0 Å². The van der Waals surface area contributed by atoms with Gasteiger partial charge in [-0.15, -0.1) is 4.09 Å². The Labute approximate surface area is 148 Å². The zero-order chi connectivity index (χ0) is 19.1. The summed E-state index contributed by atoms with van der Waals surface area (Å²) >= 11 is 0. The zero-order valence-corrected chi connectivity index (χ0v) is 15.1. The van der Waals surface area contributed by atoms with Gasteiger partial charge in [-0.3, -0.25) is 9.59 Å². The smallest absolute Gasteiger partial charge is 0.287 e. The summed E-state index contributed by atoms with van der Waals surface area (Å²) < 4.78 is 37.5. The summed E-state index contributed by atoms with van der Waals surface area (Å²) in [5.74, 6) is 0.526. The fraction of sp³-hybridized carbons (Fsp3) is 0.176. The molecule has 0 aliphatic heterocycles. The third kappa shape index (κ3) is 2.57. The molecule has 0 radical (unpaired) electrons. The monoisotopic (exact) mass is 376 g/mol. The lowest BCUT2D eigenvalue weighted by atomic mass is 10.2. The molecular formula is C17H16N2O6S. The first-order valence-corrected chi connectivity index (χ1v) is 8.95. The number of hydrogen-bond acceptors (Lipinski definition) is 6. The molecule has 0 unspecified atom stereocenters. The highest BCUT2D eigenvalue weighted by atomic mass is 32.2. The summed E-state index contributed by atoms with van der Waals surface area (Å²) in [6.45, 7) is 0. The fourth-order valence-corrected chi connectivity index (χ4v) is 4.11. The largest absolute Gasteiger partial charge is 0.493 e.